The largest absolute Gasteiger partial charge is 0.508 e. The summed E-state index contributed by atoms with van der Waals surface area (Å²) in [7, 11) is 0. The molecule has 0 saturated carbocycles. The van der Waals surface area contributed by atoms with E-state index in [-0.39, 0.29) is 22.8 Å². The zero-order valence-electron chi connectivity index (χ0n) is 17.1. The van der Waals surface area contributed by atoms with Crippen molar-refractivity contribution in [1.82, 2.24) is 9.80 Å². The van der Waals surface area contributed by atoms with Crippen molar-refractivity contribution in [2.24, 2.45) is 0 Å². The van der Waals surface area contributed by atoms with Gasteiger partial charge in [-0.05, 0) is 36.2 Å². The first-order valence-corrected chi connectivity index (χ1v) is 10.6. The molecule has 2 aliphatic rings. The zero-order valence-corrected chi connectivity index (χ0v) is 17.1. The number of morpholine rings is 1. The predicted octanol–water partition coefficient (Wildman–Crippen LogP) is 2.77. The number of phenolic OH excluding ortho intramolecular Hbond substituents is 1. The maximum Gasteiger partial charge on any atom is 0.290 e. The fraction of sp³-hybridized carbons (Fsp3) is 0.333. The minimum Gasteiger partial charge on any atom is -0.508 e. The van der Waals surface area contributed by atoms with Gasteiger partial charge in [0.05, 0.1) is 30.2 Å². The van der Waals surface area contributed by atoms with E-state index in [4.69, 9.17) is 9.15 Å². The Hall–Kier alpha value is -3.16. The van der Waals surface area contributed by atoms with Gasteiger partial charge < -0.3 is 19.2 Å². The number of aromatic hydroxyl groups is 1. The summed E-state index contributed by atoms with van der Waals surface area (Å²) < 4.78 is 11.3. The quantitative estimate of drug-likeness (QED) is 0.684. The molecule has 31 heavy (non-hydrogen) atoms. The highest BCUT2D eigenvalue weighted by Gasteiger charge is 2.42. The number of carbonyl (C=O) groups is 1. The molecule has 2 aliphatic heterocycles. The Morgan fingerprint density at radius 2 is 1.71 bits per heavy atom. The van der Waals surface area contributed by atoms with Crippen LogP contribution in [0.4, 0.5) is 0 Å². The molecule has 1 atom stereocenters. The van der Waals surface area contributed by atoms with Crippen molar-refractivity contribution >= 4 is 16.9 Å². The molecule has 0 aliphatic carbocycles. The van der Waals surface area contributed by atoms with Gasteiger partial charge in [0.25, 0.3) is 5.91 Å². The van der Waals surface area contributed by atoms with Gasteiger partial charge in [-0.3, -0.25) is 14.5 Å². The number of fused-ring (bicyclic) bond motifs is 2. The third-order valence-corrected chi connectivity index (χ3v) is 6.06. The van der Waals surface area contributed by atoms with Crippen molar-refractivity contribution in [3.05, 3.63) is 75.6 Å². The van der Waals surface area contributed by atoms with E-state index in [1.54, 1.807) is 53.4 Å². The van der Waals surface area contributed by atoms with E-state index in [9.17, 15) is 14.7 Å². The van der Waals surface area contributed by atoms with E-state index < -0.39 is 6.04 Å². The number of rotatable bonds is 5. The highest BCUT2D eigenvalue weighted by atomic mass is 16.5. The minimum absolute atomic E-state index is 0.119. The lowest BCUT2D eigenvalue weighted by molar-refractivity contribution is 0.0353. The predicted molar refractivity (Wildman–Crippen MR) is 115 cm³/mol. The van der Waals surface area contributed by atoms with Crippen LogP contribution in [0.25, 0.3) is 11.0 Å². The number of ether oxygens (including phenoxy) is 1. The molecule has 160 valence electrons. The smallest absolute Gasteiger partial charge is 0.290 e. The summed E-state index contributed by atoms with van der Waals surface area (Å²) in [6.07, 6.45) is 0.780. The molecule has 2 aromatic carbocycles. The maximum absolute atomic E-state index is 13.4. The van der Waals surface area contributed by atoms with Crippen LogP contribution in [0.3, 0.4) is 0 Å². The van der Waals surface area contributed by atoms with Crippen LogP contribution in [0.1, 0.15) is 34.1 Å². The fourth-order valence-corrected chi connectivity index (χ4v) is 4.49. The monoisotopic (exact) mass is 420 g/mol. The Morgan fingerprint density at radius 3 is 2.48 bits per heavy atom. The van der Waals surface area contributed by atoms with Crippen LogP contribution in [0.15, 0.2) is 57.7 Å². The van der Waals surface area contributed by atoms with Crippen molar-refractivity contribution in [3.63, 3.8) is 0 Å². The van der Waals surface area contributed by atoms with Gasteiger partial charge in [-0.1, -0.05) is 24.3 Å². The Labute approximate surface area is 179 Å². The highest BCUT2D eigenvalue weighted by Crippen LogP contribution is 2.38. The van der Waals surface area contributed by atoms with E-state index in [0.717, 1.165) is 44.8 Å². The third kappa shape index (κ3) is 3.60. The van der Waals surface area contributed by atoms with E-state index in [0.29, 0.717) is 23.1 Å². The van der Waals surface area contributed by atoms with Crippen LogP contribution < -0.4 is 5.43 Å². The lowest BCUT2D eigenvalue weighted by Crippen LogP contribution is -2.38. The molecule has 1 N–H and O–H groups in total. The zero-order chi connectivity index (χ0) is 21.4. The molecule has 7 nitrogen and oxygen atoms in total. The molecule has 1 fully saturated rings. The molecule has 0 spiro atoms. The Morgan fingerprint density at radius 1 is 0.968 bits per heavy atom. The number of amides is 1. The van der Waals surface area contributed by atoms with E-state index >= 15 is 0 Å². The Balaban J connectivity index is 1.52. The highest BCUT2D eigenvalue weighted by molar-refractivity contribution is 5.99. The molecule has 3 heterocycles. The first-order valence-electron chi connectivity index (χ1n) is 10.6. The molecule has 7 heteroatoms. The number of hydrogen-bond acceptors (Lipinski definition) is 6. The number of hydrogen-bond donors (Lipinski definition) is 1. The summed E-state index contributed by atoms with van der Waals surface area (Å²) in [6, 6.07) is 13.1. The van der Waals surface area contributed by atoms with Gasteiger partial charge in [0.15, 0.2) is 5.43 Å². The molecule has 0 radical (unpaired) electrons. The van der Waals surface area contributed by atoms with Crippen molar-refractivity contribution in [2.45, 2.75) is 12.5 Å². The molecule has 0 bridgehead atoms. The molecule has 5 rings (SSSR count). The second kappa shape index (κ2) is 8.17. The number of nitrogens with zero attached hydrogens (tertiary/aromatic N) is 2. The van der Waals surface area contributed by atoms with Gasteiger partial charge >= 0.3 is 0 Å². The van der Waals surface area contributed by atoms with Crippen LogP contribution in [0.5, 0.6) is 5.75 Å². The van der Waals surface area contributed by atoms with Gasteiger partial charge in [-0.25, -0.2) is 0 Å². The van der Waals surface area contributed by atoms with Crippen LogP contribution in [0.2, 0.25) is 0 Å². The molecule has 3 aromatic rings. The van der Waals surface area contributed by atoms with Crippen LogP contribution in [-0.4, -0.2) is 60.2 Å². The molecular weight excluding hydrogens is 396 g/mol. The minimum atomic E-state index is -0.534. The van der Waals surface area contributed by atoms with Crippen molar-refractivity contribution in [2.75, 3.05) is 39.4 Å². The van der Waals surface area contributed by atoms with Gasteiger partial charge in [0.1, 0.15) is 11.3 Å². The third-order valence-electron chi connectivity index (χ3n) is 6.06. The molecule has 1 saturated heterocycles. The second-order valence-corrected chi connectivity index (χ2v) is 7.97. The lowest BCUT2D eigenvalue weighted by Gasteiger charge is -2.29. The van der Waals surface area contributed by atoms with Gasteiger partial charge in [0.2, 0.25) is 5.76 Å². The van der Waals surface area contributed by atoms with Crippen molar-refractivity contribution in [1.29, 1.82) is 0 Å². The summed E-state index contributed by atoms with van der Waals surface area (Å²) in [5, 5.41) is 10.2. The molecule has 0 unspecified atom stereocenters. The summed E-state index contributed by atoms with van der Waals surface area (Å²) >= 11 is 0. The summed E-state index contributed by atoms with van der Waals surface area (Å²) in [6.45, 7) is 4.60. The van der Waals surface area contributed by atoms with Gasteiger partial charge in [-0.2, -0.15) is 0 Å². The van der Waals surface area contributed by atoms with Crippen molar-refractivity contribution < 1.29 is 19.1 Å². The molecular formula is C24H24N2O5. The van der Waals surface area contributed by atoms with E-state index in [2.05, 4.69) is 4.90 Å². The first kappa shape index (κ1) is 19.8. The normalized spacial score (nSPS) is 19.2. The second-order valence-electron chi connectivity index (χ2n) is 7.97. The number of para-hydroxylation sites is 1. The maximum atomic E-state index is 13.4. The molecule has 1 aromatic heterocycles. The average Bonchev–Trinajstić information content (AvgIpc) is 3.07. The summed E-state index contributed by atoms with van der Waals surface area (Å²) in [4.78, 5) is 30.8. The number of benzene rings is 2. The number of carbonyl (C=O) groups excluding carboxylic acids is 1. The standard InChI is InChI=1S/C24H24N2O5/c27-17-8-6-16(7-9-17)21-20-22(28)18-4-1-2-5-19(18)31-23(20)24(29)26(21)11-3-10-25-12-14-30-15-13-25/h1-2,4-9,21,27H,3,10-15H2/t21-/m0/s1. The SMILES string of the molecule is O=C1c2oc3ccccc3c(=O)c2[C@H](c2ccc(O)cc2)N1CCCN1CCOCC1. The topological polar surface area (TPSA) is 83.2 Å². The van der Waals surface area contributed by atoms with Crippen LogP contribution in [-0.2, 0) is 4.74 Å². The number of phenols is 1. The van der Waals surface area contributed by atoms with E-state index in [1.165, 1.54) is 0 Å². The van der Waals surface area contributed by atoms with Gasteiger partial charge in [-0.15, -0.1) is 0 Å². The fourth-order valence-electron chi connectivity index (χ4n) is 4.49. The van der Waals surface area contributed by atoms with Crippen LogP contribution in [0, 0.1) is 0 Å². The van der Waals surface area contributed by atoms with E-state index in [1.807, 2.05) is 0 Å². The van der Waals surface area contributed by atoms with Crippen molar-refractivity contribution in [3.8, 4) is 5.75 Å². The summed E-state index contributed by atoms with van der Waals surface area (Å²) in [5.41, 5.74) is 1.39. The van der Waals surface area contributed by atoms with Crippen LogP contribution >= 0.6 is 0 Å². The lowest BCUT2D eigenvalue weighted by atomic mass is 9.98. The Bertz CT molecular complexity index is 1160. The first-order chi connectivity index (χ1) is 15.1. The average molecular weight is 420 g/mol. The Kier molecular flexibility index (Phi) is 5.21. The summed E-state index contributed by atoms with van der Waals surface area (Å²) in [5.74, 6) is -0.0104. The molecule has 1 amide bonds. The van der Waals surface area contributed by atoms with Gasteiger partial charge in [0, 0.05) is 26.2 Å².